The topological polar surface area (TPSA) is 118 Å². The Hall–Kier alpha value is -2.22. The molecule has 0 spiro atoms. The van der Waals surface area contributed by atoms with Gasteiger partial charge in [0.15, 0.2) is 0 Å². The zero-order valence-corrected chi connectivity index (χ0v) is 12.5. The summed E-state index contributed by atoms with van der Waals surface area (Å²) in [5, 5.41) is 12.9. The van der Waals surface area contributed by atoms with Crippen molar-refractivity contribution in [1.29, 1.82) is 0 Å². The fourth-order valence-electron chi connectivity index (χ4n) is 2.00. The first-order chi connectivity index (χ1) is 9.90. The molecule has 2 rings (SSSR count). The summed E-state index contributed by atoms with van der Waals surface area (Å²) in [6.07, 6.45) is 1.51. The SMILES string of the molecule is Cc1sc2ncnc(NC(CCC(N)=O)C(=O)O)c2c1C. The lowest BCUT2D eigenvalue weighted by molar-refractivity contribution is -0.138. The minimum atomic E-state index is -1.05. The maximum absolute atomic E-state index is 11.3. The van der Waals surface area contributed by atoms with Crippen molar-refractivity contribution in [2.45, 2.75) is 32.7 Å². The lowest BCUT2D eigenvalue weighted by Gasteiger charge is -2.15. The second kappa shape index (κ2) is 6.04. The van der Waals surface area contributed by atoms with Gasteiger partial charge in [-0.3, -0.25) is 4.79 Å². The van der Waals surface area contributed by atoms with Crippen LogP contribution in [0.4, 0.5) is 5.82 Å². The number of aromatic nitrogens is 2. The maximum Gasteiger partial charge on any atom is 0.326 e. The Balaban J connectivity index is 2.32. The molecule has 8 heteroatoms. The maximum atomic E-state index is 11.3. The average Bonchev–Trinajstić information content (AvgIpc) is 2.70. The fraction of sp³-hybridized carbons (Fsp3) is 0.385. The fourth-order valence-corrected chi connectivity index (χ4v) is 3.00. The van der Waals surface area contributed by atoms with E-state index in [1.807, 2.05) is 13.8 Å². The van der Waals surface area contributed by atoms with Gasteiger partial charge in [0.1, 0.15) is 23.0 Å². The van der Waals surface area contributed by atoms with Crippen molar-refractivity contribution in [3.8, 4) is 0 Å². The van der Waals surface area contributed by atoms with E-state index in [0.29, 0.717) is 5.82 Å². The highest BCUT2D eigenvalue weighted by Gasteiger charge is 2.21. The van der Waals surface area contributed by atoms with Crippen LogP contribution in [0.3, 0.4) is 0 Å². The van der Waals surface area contributed by atoms with Crippen molar-refractivity contribution in [3.63, 3.8) is 0 Å². The van der Waals surface area contributed by atoms with Gasteiger partial charge in [0.25, 0.3) is 0 Å². The number of hydrogen-bond acceptors (Lipinski definition) is 6. The van der Waals surface area contributed by atoms with E-state index in [-0.39, 0.29) is 12.8 Å². The molecule has 1 unspecified atom stereocenters. The molecule has 0 bridgehead atoms. The van der Waals surface area contributed by atoms with Gasteiger partial charge in [-0.05, 0) is 25.8 Å². The van der Waals surface area contributed by atoms with Crippen LogP contribution in [0, 0.1) is 13.8 Å². The first-order valence-electron chi connectivity index (χ1n) is 6.38. The molecule has 0 aliphatic heterocycles. The molecule has 7 nitrogen and oxygen atoms in total. The number of primary amides is 1. The van der Waals surface area contributed by atoms with Gasteiger partial charge in [0, 0.05) is 11.3 Å². The number of nitrogens with two attached hydrogens (primary N) is 1. The lowest BCUT2D eigenvalue weighted by Crippen LogP contribution is -2.31. The number of aryl methyl sites for hydroxylation is 2. The minimum absolute atomic E-state index is 0.000159. The van der Waals surface area contributed by atoms with Crippen molar-refractivity contribution in [3.05, 3.63) is 16.8 Å². The minimum Gasteiger partial charge on any atom is -0.480 e. The average molecular weight is 308 g/mol. The van der Waals surface area contributed by atoms with Crippen LogP contribution in [0.5, 0.6) is 0 Å². The summed E-state index contributed by atoms with van der Waals surface area (Å²) < 4.78 is 0. The molecule has 0 radical (unpaired) electrons. The number of thiophene rings is 1. The highest BCUT2D eigenvalue weighted by molar-refractivity contribution is 7.18. The Morgan fingerprint density at radius 3 is 2.76 bits per heavy atom. The van der Waals surface area contributed by atoms with E-state index in [4.69, 9.17) is 5.73 Å². The van der Waals surface area contributed by atoms with E-state index in [1.54, 1.807) is 0 Å². The predicted octanol–water partition coefficient (Wildman–Crippen LogP) is 1.44. The molecule has 2 aromatic heterocycles. The summed E-state index contributed by atoms with van der Waals surface area (Å²) in [6, 6.07) is -0.921. The third-order valence-electron chi connectivity index (χ3n) is 3.25. The van der Waals surface area contributed by atoms with Crippen LogP contribution in [0.2, 0.25) is 0 Å². The molecular formula is C13H16N4O3S. The Morgan fingerprint density at radius 1 is 1.43 bits per heavy atom. The van der Waals surface area contributed by atoms with Crippen molar-refractivity contribution in [1.82, 2.24) is 9.97 Å². The summed E-state index contributed by atoms with van der Waals surface area (Å²) in [4.78, 5) is 32.4. The van der Waals surface area contributed by atoms with Crippen molar-refractivity contribution < 1.29 is 14.7 Å². The highest BCUT2D eigenvalue weighted by Crippen LogP contribution is 2.32. The van der Waals surface area contributed by atoms with Gasteiger partial charge >= 0.3 is 5.97 Å². The van der Waals surface area contributed by atoms with Gasteiger partial charge in [-0.1, -0.05) is 0 Å². The number of hydrogen-bond donors (Lipinski definition) is 3. The molecule has 0 aromatic carbocycles. The molecule has 21 heavy (non-hydrogen) atoms. The Kier molecular flexibility index (Phi) is 4.37. The first-order valence-corrected chi connectivity index (χ1v) is 7.20. The Labute approximate surface area is 125 Å². The van der Waals surface area contributed by atoms with Gasteiger partial charge in [0.2, 0.25) is 5.91 Å². The zero-order valence-electron chi connectivity index (χ0n) is 11.7. The summed E-state index contributed by atoms with van der Waals surface area (Å²) >= 11 is 1.53. The van der Waals surface area contributed by atoms with Crippen LogP contribution >= 0.6 is 11.3 Å². The number of carbonyl (C=O) groups excluding carboxylic acids is 1. The van der Waals surface area contributed by atoms with Crippen LogP contribution in [0.25, 0.3) is 10.2 Å². The van der Waals surface area contributed by atoms with Crippen molar-refractivity contribution in [2.24, 2.45) is 5.73 Å². The molecule has 4 N–H and O–H groups in total. The second-order valence-electron chi connectivity index (χ2n) is 4.73. The number of fused-ring (bicyclic) bond motifs is 1. The summed E-state index contributed by atoms with van der Waals surface area (Å²) in [6.45, 7) is 3.93. The number of amides is 1. The van der Waals surface area contributed by atoms with Crippen LogP contribution in [-0.4, -0.2) is 33.0 Å². The lowest BCUT2D eigenvalue weighted by atomic mass is 10.1. The molecule has 2 heterocycles. The molecule has 0 saturated carbocycles. The van der Waals surface area contributed by atoms with Crippen LogP contribution in [0.1, 0.15) is 23.3 Å². The number of nitrogens with zero attached hydrogens (tertiary/aromatic N) is 2. The number of nitrogens with one attached hydrogen (secondary N) is 1. The molecule has 112 valence electrons. The van der Waals surface area contributed by atoms with Gasteiger partial charge < -0.3 is 16.2 Å². The number of aliphatic carboxylic acids is 1. The number of anilines is 1. The van der Waals surface area contributed by atoms with Gasteiger partial charge in [-0.2, -0.15) is 0 Å². The first kappa shape index (κ1) is 15.2. The Bertz CT molecular complexity index is 698. The monoisotopic (exact) mass is 308 g/mol. The number of carboxylic acid groups (broad SMARTS) is 1. The largest absolute Gasteiger partial charge is 0.480 e. The Morgan fingerprint density at radius 2 is 2.14 bits per heavy atom. The molecular weight excluding hydrogens is 292 g/mol. The van der Waals surface area contributed by atoms with E-state index < -0.39 is 17.9 Å². The molecule has 0 aliphatic rings. The van der Waals surface area contributed by atoms with Crippen LogP contribution in [-0.2, 0) is 9.59 Å². The van der Waals surface area contributed by atoms with E-state index >= 15 is 0 Å². The molecule has 1 amide bonds. The normalized spacial score (nSPS) is 12.3. The molecule has 0 saturated heterocycles. The van der Waals surface area contributed by atoms with Crippen molar-refractivity contribution >= 4 is 39.2 Å². The third kappa shape index (κ3) is 3.27. The van der Waals surface area contributed by atoms with Crippen molar-refractivity contribution in [2.75, 3.05) is 5.32 Å². The summed E-state index contributed by atoms with van der Waals surface area (Å²) in [5.41, 5.74) is 6.09. The standard InChI is InChI=1S/C13H16N4O3S/c1-6-7(2)21-12-10(6)11(15-5-16-12)17-8(13(19)20)3-4-9(14)18/h5,8H,3-4H2,1-2H3,(H2,14,18)(H,19,20)(H,15,16,17). The van der Waals surface area contributed by atoms with E-state index in [1.165, 1.54) is 17.7 Å². The zero-order chi connectivity index (χ0) is 15.6. The third-order valence-corrected chi connectivity index (χ3v) is 4.37. The second-order valence-corrected chi connectivity index (χ2v) is 5.93. The molecule has 1 atom stereocenters. The van der Waals surface area contributed by atoms with Crippen LogP contribution in [0.15, 0.2) is 6.33 Å². The molecule has 0 aliphatic carbocycles. The quantitative estimate of drug-likeness (QED) is 0.743. The highest BCUT2D eigenvalue weighted by atomic mass is 32.1. The number of carboxylic acids is 1. The van der Waals surface area contributed by atoms with E-state index in [9.17, 15) is 14.7 Å². The molecule has 2 aromatic rings. The van der Waals surface area contributed by atoms with Gasteiger partial charge in [-0.15, -0.1) is 11.3 Å². The van der Waals surface area contributed by atoms with E-state index in [2.05, 4.69) is 15.3 Å². The number of rotatable bonds is 6. The summed E-state index contributed by atoms with van der Waals surface area (Å²) in [7, 11) is 0. The van der Waals surface area contributed by atoms with Crippen LogP contribution < -0.4 is 11.1 Å². The van der Waals surface area contributed by atoms with Gasteiger partial charge in [-0.25, -0.2) is 14.8 Å². The number of carbonyl (C=O) groups is 2. The summed E-state index contributed by atoms with van der Waals surface area (Å²) in [5.74, 6) is -1.11. The van der Waals surface area contributed by atoms with Gasteiger partial charge in [0.05, 0.1) is 5.39 Å². The predicted molar refractivity (Wildman–Crippen MR) is 80.4 cm³/mol. The smallest absolute Gasteiger partial charge is 0.326 e. The molecule has 0 fully saturated rings. The van der Waals surface area contributed by atoms with E-state index in [0.717, 1.165) is 20.7 Å².